The van der Waals surface area contributed by atoms with Crippen molar-refractivity contribution < 1.29 is 9.53 Å². The van der Waals surface area contributed by atoms with Crippen molar-refractivity contribution in [1.82, 2.24) is 5.32 Å². The lowest BCUT2D eigenvalue weighted by Crippen LogP contribution is -2.38. The van der Waals surface area contributed by atoms with Gasteiger partial charge in [0.2, 0.25) is 5.91 Å². The minimum absolute atomic E-state index is 0.0303. The zero-order valence-electron chi connectivity index (χ0n) is 9.35. The number of fused-ring (bicyclic) bond motifs is 1. The zero-order valence-corrected chi connectivity index (χ0v) is 9.35. The second-order valence-corrected chi connectivity index (χ2v) is 4.21. The first-order valence-corrected chi connectivity index (χ1v) is 5.70. The second kappa shape index (κ2) is 4.18. The highest BCUT2D eigenvalue weighted by atomic mass is 16.5. The maximum absolute atomic E-state index is 11.0. The van der Waals surface area contributed by atoms with Crippen molar-refractivity contribution in [2.45, 2.75) is 6.10 Å². The van der Waals surface area contributed by atoms with Crippen LogP contribution in [-0.4, -0.2) is 19.1 Å². The summed E-state index contributed by atoms with van der Waals surface area (Å²) in [4.78, 5) is 11.0. The first kappa shape index (κ1) is 10.3. The van der Waals surface area contributed by atoms with E-state index in [1.165, 1.54) is 10.8 Å². The predicted octanol–water partition coefficient (Wildman–Crippen LogP) is 2.03. The first-order valence-electron chi connectivity index (χ1n) is 5.70. The molecule has 0 spiro atoms. The van der Waals surface area contributed by atoms with Crippen LogP contribution in [0.1, 0.15) is 11.7 Å². The summed E-state index contributed by atoms with van der Waals surface area (Å²) in [5, 5.41) is 5.23. The third-order valence-corrected chi connectivity index (χ3v) is 3.05. The Hall–Kier alpha value is -1.87. The van der Waals surface area contributed by atoms with E-state index in [0.29, 0.717) is 6.54 Å². The lowest BCUT2D eigenvalue weighted by Gasteiger charge is -2.23. The van der Waals surface area contributed by atoms with Gasteiger partial charge in [-0.15, -0.1) is 0 Å². The van der Waals surface area contributed by atoms with Crippen molar-refractivity contribution in [3.63, 3.8) is 0 Å². The maximum atomic E-state index is 11.0. The Morgan fingerprint density at radius 3 is 2.71 bits per heavy atom. The van der Waals surface area contributed by atoms with Gasteiger partial charge in [0, 0.05) is 6.54 Å². The quantitative estimate of drug-likeness (QED) is 0.809. The summed E-state index contributed by atoms with van der Waals surface area (Å²) in [7, 11) is 0. The number of hydrogen-bond acceptors (Lipinski definition) is 2. The summed E-state index contributed by atoms with van der Waals surface area (Å²) in [5.41, 5.74) is 1.11. The normalized spacial score (nSPS) is 20.2. The summed E-state index contributed by atoms with van der Waals surface area (Å²) in [6, 6.07) is 14.5. The molecule has 0 aromatic heterocycles. The number of ether oxygens (including phenoxy) is 1. The maximum Gasteiger partial charge on any atom is 0.246 e. The summed E-state index contributed by atoms with van der Waals surface area (Å²) < 4.78 is 5.51. The molecular formula is C14H13NO2. The van der Waals surface area contributed by atoms with E-state index >= 15 is 0 Å². The number of morpholine rings is 1. The van der Waals surface area contributed by atoms with E-state index in [4.69, 9.17) is 4.74 Å². The van der Waals surface area contributed by atoms with Gasteiger partial charge >= 0.3 is 0 Å². The van der Waals surface area contributed by atoms with Crippen LogP contribution in [0.2, 0.25) is 0 Å². The summed E-state index contributed by atoms with van der Waals surface area (Å²) in [6.07, 6.45) is -0.0303. The fourth-order valence-electron chi connectivity index (χ4n) is 2.11. The Labute approximate surface area is 99.4 Å². The molecule has 0 radical (unpaired) electrons. The smallest absolute Gasteiger partial charge is 0.246 e. The van der Waals surface area contributed by atoms with Gasteiger partial charge in [-0.05, 0) is 22.4 Å². The third kappa shape index (κ3) is 2.01. The average molecular weight is 227 g/mol. The zero-order chi connectivity index (χ0) is 11.7. The van der Waals surface area contributed by atoms with E-state index in [1.54, 1.807) is 0 Å². The number of carbonyl (C=O) groups excluding carboxylic acids is 1. The number of amides is 1. The molecule has 1 N–H and O–H groups in total. The van der Waals surface area contributed by atoms with Crippen molar-refractivity contribution >= 4 is 16.7 Å². The molecule has 1 saturated heterocycles. The minimum Gasteiger partial charge on any atom is -0.362 e. The number of rotatable bonds is 1. The molecule has 3 heteroatoms. The third-order valence-electron chi connectivity index (χ3n) is 3.05. The van der Waals surface area contributed by atoms with Gasteiger partial charge in [0.05, 0.1) is 0 Å². The van der Waals surface area contributed by atoms with Crippen LogP contribution in [0.4, 0.5) is 0 Å². The lowest BCUT2D eigenvalue weighted by molar-refractivity contribution is -0.133. The Morgan fingerprint density at radius 2 is 1.94 bits per heavy atom. The lowest BCUT2D eigenvalue weighted by atomic mass is 10.0. The van der Waals surface area contributed by atoms with E-state index in [0.717, 1.165) is 5.56 Å². The Balaban J connectivity index is 1.92. The number of nitrogens with one attached hydrogen (secondary N) is 1. The molecule has 2 aromatic carbocycles. The Morgan fingerprint density at radius 1 is 1.12 bits per heavy atom. The first-order chi connectivity index (χ1) is 8.33. The van der Waals surface area contributed by atoms with Crippen molar-refractivity contribution in [1.29, 1.82) is 0 Å². The highest BCUT2D eigenvalue weighted by Gasteiger charge is 2.19. The summed E-state index contributed by atoms with van der Waals surface area (Å²) in [6.45, 7) is 0.703. The van der Waals surface area contributed by atoms with Crippen LogP contribution in [-0.2, 0) is 9.53 Å². The van der Waals surface area contributed by atoms with Crippen LogP contribution in [0.5, 0.6) is 0 Å². The number of benzene rings is 2. The van der Waals surface area contributed by atoms with Gasteiger partial charge in [0.1, 0.15) is 12.7 Å². The van der Waals surface area contributed by atoms with Gasteiger partial charge < -0.3 is 10.1 Å². The van der Waals surface area contributed by atoms with E-state index < -0.39 is 0 Å². The van der Waals surface area contributed by atoms with Gasteiger partial charge in [-0.25, -0.2) is 0 Å². The number of hydrogen-bond donors (Lipinski definition) is 1. The molecule has 3 nitrogen and oxygen atoms in total. The van der Waals surface area contributed by atoms with Crippen molar-refractivity contribution in [2.75, 3.05) is 13.2 Å². The number of carbonyl (C=O) groups is 1. The van der Waals surface area contributed by atoms with Gasteiger partial charge in [0.25, 0.3) is 0 Å². The van der Waals surface area contributed by atoms with Crippen molar-refractivity contribution in [2.24, 2.45) is 0 Å². The van der Waals surface area contributed by atoms with Crippen LogP contribution in [0.25, 0.3) is 10.8 Å². The highest BCUT2D eigenvalue weighted by Crippen LogP contribution is 2.23. The van der Waals surface area contributed by atoms with Crippen LogP contribution < -0.4 is 5.32 Å². The molecule has 86 valence electrons. The van der Waals surface area contributed by atoms with Crippen molar-refractivity contribution in [3.8, 4) is 0 Å². The molecule has 3 rings (SSSR count). The SMILES string of the molecule is O=C1CO[C@H](c2ccc3ccccc3c2)CN1. The molecule has 0 unspecified atom stereocenters. The monoisotopic (exact) mass is 227 g/mol. The predicted molar refractivity (Wildman–Crippen MR) is 65.7 cm³/mol. The molecule has 1 atom stereocenters. The minimum atomic E-state index is -0.0398. The standard InChI is InChI=1S/C14H13NO2/c16-14-9-17-13(8-15-14)12-6-5-10-3-1-2-4-11(10)7-12/h1-7,13H,8-9H2,(H,15,16)/t13-/m0/s1. The largest absolute Gasteiger partial charge is 0.362 e. The van der Waals surface area contributed by atoms with Crippen LogP contribution >= 0.6 is 0 Å². The molecule has 1 amide bonds. The molecule has 17 heavy (non-hydrogen) atoms. The van der Waals surface area contributed by atoms with Crippen LogP contribution in [0.3, 0.4) is 0 Å². The van der Waals surface area contributed by atoms with E-state index in [2.05, 4.69) is 35.6 Å². The molecule has 1 aliphatic heterocycles. The molecular weight excluding hydrogens is 214 g/mol. The fraction of sp³-hybridized carbons (Fsp3) is 0.214. The van der Waals surface area contributed by atoms with Crippen molar-refractivity contribution in [3.05, 3.63) is 48.0 Å². The van der Waals surface area contributed by atoms with Crippen LogP contribution in [0.15, 0.2) is 42.5 Å². The molecule has 1 fully saturated rings. The molecule has 0 bridgehead atoms. The van der Waals surface area contributed by atoms with E-state index in [1.807, 2.05) is 12.1 Å². The Bertz CT molecular complexity index is 555. The van der Waals surface area contributed by atoms with Gasteiger partial charge in [0.15, 0.2) is 0 Å². The topological polar surface area (TPSA) is 38.3 Å². The molecule has 1 heterocycles. The Kier molecular flexibility index (Phi) is 2.53. The van der Waals surface area contributed by atoms with E-state index in [9.17, 15) is 4.79 Å². The molecule has 1 aliphatic rings. The fourth-order valence-corrected chi connectivity index (χ4v) is 2.11. The van der Waals surface area contributed by atoms with Gasteiger partial charge in [-0.1, -0.05) is 36.4 Å². The van der Waals surface area contributed by atoms with Gasteiger partial charge in [-0.3, -0.25) is 4.79 Å². The van der Waals surface area contributed by atoms with Crippen LogP contribution in [0, 0.1) is 0 Å². The summed E-state index contributed by atoms with van der Waals surface area (Å²) in [5.74, 6) is -0.0398. The highest BCUT2D eigenvalue weighted by molar-refractivity contribution is 5.83. The summed E-state index contributed by atoms with van der Waals surface area (Å²) >= 11 is 0. The van der Waals surface area contributed by atoms with Gasteiger partial charge in [-0.2, -0.15) is 0 Å². The second-order valence-electron chi connectivity index (χ2n) is 4.21. The molecule has 0 saturated carbocycles. The molecule has 0 aliphatic carbocycles. The average Bonchev–Trinajstić information content (AvgIpc) is 2.39. The molecule has 2 aromatic rings. The van der Waals surface area contributed by atoms with E-state index in [-0.39, 0.29) is 18.6 Å².